The summed E-state index contributed by atoms with van der Waals surface area (Å²) in [5.74, 6) is 4.93. The molecule has 0 unspecified atom stereocenters. The summed E-state index contributed by atoms with van der Waals surface area (Å²) in [5, 5.41) is 3.87. The van der Waals surface area contributed by atoms with Crippen LogP contribution in [0.4, 0.5) is 0 Å². The van der Waals surface area contributed by atoms with Crippen LogP contribution in [0, 0.1) is 23.2 Å². The molecule has 4 bridgehead atoms. The van der Waals surface area contributed by atoms with Crippen molar-refractivity contribution in [1.82, 2.24) is 5.32 Å². The highest BCUT2D eigenvalue weighted by molar-refractivity contribution is 6.74. The van der Waals surface area contributed by atoms with Gasteiger partial charge in [0, 0.05) is 6.54 Å². The van der Waals surface area contributed by atoms with E-state index in [-0.39, 0.29) is 11.1 Å². The van der Waals surface area contributed by atoms with E-state index < -0.39 is 8.32 Å². The lowest BCUT2D eigenvalue weighted by molar-refractivity contribution is -0.0622. The van der Waals surface area contributed by atoms with Crippen molar-refractivity contribution in [3.8, 4) is 11.5 Å². The lowest BCUT2D eigenvalue weighted by atomic mass is 9.49. The van der Waals surface area contributed by atoms with Gasteiger partial charge in [-0.3, -0.25) is 0 Å². The monoisotopic (exact) mass is 639 g/mol. The summed E-state index contributed by atoms with van der Waals surface area (Å²) in [6.45, 7) is 14.7. The summed E-state index contributed by atoms with van der Waals surface area (Å²) in [5.41, 5.74) is 4.26. The molecule has 3 aromatic carbocycles. The molecule has 0 spiro atoms. The maximum Gasteiger partial charge on any atom is 0.192 e. The Kier molecular flexibility index (Phi) is 10.3. The molecule has 3 aromatic rings. The van der Waals surface area contributed by atoms with Crippen LogP contribution in [-0.2, 0) is 17.5 Å². The van der Waals surface area contributed by atoms with Crippen molar-refractivity contribution in [2.75, 3.05) is 19.7 Å². The second-order valence-corrected chi connectivity index (χ2v) is 21.1. The Morgan fingerprint density at radius 2 is 1.43 bits per heavy atom. The molecule has 1 atom stereocenters. The Morgan fingerprint density at radius 3 is 2.09 bits per heavy atom. The summed E-state index contributed by atoms with van der Waals surface area (Å²) in [6.07, 6.45) is 11.1. The minimum atomic E-state index is -1.98. The van der Waals surface area contributed by atoms with Crippen molar-refractivity contribution < 1.29 is 13.9 Å². The Bertz CT molecular complexity index is 1360. The normalized spacial score (nSPS) is 24.6. The van der Waals surface area contributed by atoms with E-state index in [9.17, 15) is 0 Å². The fourth-order valence-corrected chi connectivity index (χ4v) is 9.80. The first-order valence-electron chi connectivity index (χ1n) is 17.9. The van der Waals surface area contributed by atoms with Crippen molar-refractivity contribution in [3.63, 3.8) is 0 Å². The molecule has 0 aromatic heterocycles. The van der Waals surface area contributed by atoms with Crippen LogP contribution in [0.3, 0.4) is 0 Å². The van der Waals surface area contributed by atoms with Gasteiger partial charge in [-0.2, -0.15) is 0 Å². The van der Waals surface area contributed by atoms with Crippen LogP contribution in [0.15, 0.2) is 78.9 Å². The smallest absolute Gasteiger partial charge is 0.192 e. The zero-order valence-electron chi connectivity index (χ0n) is 29.0. The molecule has 7 rings (SSSR count). The zero-order valence-corrected chi connectivity index (χ0v) is 30.0. The van der Waals surface area contributed by atoms with Gasteiger partial charge in [-0.1, -0.05) is 75.4 Å². The first-order chi connectivity index (χ1) is 22.1. The molecular formula is C41H57NO3Si. The third-order valence-electron chi connectivity index (χ3n) is 11.6. The molecule has 1 N–H and O–H groups in total. The molecule has 4 nitrogen and oxygen atoms in total. The van der Waals surface area contributed by atoms with E-state index in [0.29, 0.717) is 12.0 Å². The van der Waals surface area contributed by atoms with Gasteiger partial charge in [0.15, 0.2) is 8.32 Å². The van der Waals surface area contributed by atoms with Crippen LogP contribution in [-0.4, -0.2) is 28.0 Å². The number of rotatable bonds is 15. The predicted octanol–water partition coefficient (Wildman–Crippen LogP) is 10.1. The van der Waals surface area contributed by atoms with Crippen LogP contribution in [0.25, 0.3) is 0 Å². The molecule has 5 heteroatoms. The maximum atomic E-state index is 6.98. The molecule has 4 fully saturated rings. The van der Waals surface area contributed by atoms with E-state index in [0.717, 1.165) is 55.4 Å². The molecule has 4 saturated carbocycles. The maximum absolute atomic E-state index is 6.98. The standard InChI is InChI=1S/C41H57NO3Si/c1-40(2,3)46(4,5)45-39(36-14-16-37(17-15-36)44-30-32-10-7-6-8-11-32)29-42-20-18-31-12-9-13-38(25-31)43-21-19-41-26-33-22-34(27-41)24-35(23-33)28-41/h6-17,25,33-35,39,42H,18-24,26-30H2,1-5H3/t33?,34?,35?,39-,41?/m0/s1. The van der Waals surface area contributed by atoms with Gasteiger partial charge in [0.25, 0.3) is 0 Å². The fourth-order valence-electron chi connectivity index (χ4n) is 8.52. The van der Waals surface area contributed by atoms with E-state index in [4.69, 9.17) is 13.9 Å². The van der Waals surface area contributed by atoms with Crippen LogP contribution in [0.2, 0.25) is 18.1 Å². The van der Waals surface area contributed by atoms with Crippen molar-refractivity contribution in [3.05, 3.63) is 95.6 Å². The van der Waals surface area contributed by atoms with E-state index >= 15 is 0 Å². The second kappa shape index (κ2) is 14.3. The Balaban J connectivity index is 1.00. The van der Waals surface area contributed by atoms with E-state index in [2.05, 4.69) is 99.8 Å². The van der Waals surface area contributed by atoms with Crippen LogP contribution >= 0.6 is 0 Å². The molecular weight excluding hydrogens is 583 g/mol. The largest absolute Gasteiger partial charge is 0.494 e. The van der Waals surface area contributed by atoms with Gasteiger partial charge < -0.3 is 19.2 Å². The van der Waals surface area contributed by atoms with Gasteiger partial charge in [0.1, 0.15) is 18.1 Å². The second-order valence-electron chi connectivity index (χ2n) is 16.3. The SMILES string of the molecule is CC(C)(C)[Si](C)(C)O[C@@H](CNCCc1cccc(OCCC23CC4CC(CC(C4)C2)C3)c1)c1ccc(OCc2ccccc2)cc1. The molecule has 4 aliphatic carbocycles. The molecule has 0 heterocycles. The van der Waals surface area contributed by atoms with Crippen LogP contribution in [0.5, 0.6) is 11.5 Å². The number of hydrogen-bond acceptors (Lipinski definition) is 4. The number of hydrogen-bond donors (Lipinski definition) is 1. The average Bonchev–Trinajstić information content (AvgIpc) is 3.01. The van der Waals surface area contributed by atoms with Crippen molar-refractivity contribution in [2.45, 2.75) is 103 Å². The quantitative estimate of drug-likeness (QED) is 0.133. The lowest BCUT2D eigenvalue weighted by Crippen LogP contribution is -2.46. The van der Waals surface area contributed by atoms with E-state index in [1.807, 2.05) is 18.2 Å². The molecule has 0 amide bonds. The molecule has 0 saturated heterocycles. The summed E-state index contributed by atoms with van der Waals surface area (Å²) >= 11 is 0. The number of nitrogens with one attached hydrogen (secondary N) is 1. The average molecular weight is 640 g/mol. The van der Waals surface area contributed by atoms with Crippen LogP contribution in [0.1, 0.15) is 88.5 Å². The number of benzene rings is 3. The molecule has 4 aliphatic rings. The minimum Gasteiger partial charge on any atom is -0.494 e. The van der Waals surface area contributed by atoms with Crippen molar-refractivity contribution in [1.29, 1.82) is 0 Å². The third kappa shape index (κ3) is 8.45. The Labute approximate surface area is 279 Å². The van der Waals surface area contributed by atoms with Gasteiger partial charge in [0.2, 0.25) is 0 Å². The molecule has 248 valence electrons. The lowest BCUT2D eigenvalue weighted by Gasteiger charge is -2.57. The zero-order chi connectivity index (χ0) is 32.2. The van der Waals surface area contributed by atoms with E-state index in [1.165, 1.54) is 61.6 Å². The van der Waals surface area contributed by atoms with Gasteiger partial charge >= 0.3 is 0 Å². The highest BCUT2D eigenvalue weighted by atomic mass is 28.4. The summed E-state index contributed by atoms with van der Waals surface area (Å²) < 4.78 is 19.4. The van der Waals surface area contributed by atoms with Crippen molar-refractivity contribution >= 4 is 8.32 Å². The summed E-state index contributed by atoms with van der Waals surface area (Å²) in [7, 11) is -1.98. The van der Waals surface area contributed by atoms with Gasteiger partial charge in [-0.15, -0.1) is 0 Å². The van der Waals surface area contributed by atoms with Crippen molar-refractivity contribution in [2.24, 2.45) is 23.2 Å². The molecule has 46 heavy (non-hydrogen) atoms. The van der Waals surface area contributed by atoms with Gasteiger partial charge in [-0.05, 0) is 140 Å². The van der Waals surface area contributed by atoms with Gasteiger partial charge in [0.05, 0.1) is 12.7 Å². The Hall–Kier alpha value is -2.60. The minimum absolute atomic E-state index is 0.0108. The first kappa shape index (κ1) is 33.3. The topological polar surface area (TPSA) is 39.7 Å². The highest BCUT2D eigenvalue weighted by Gasteiger charge is 2.50. The number of ether oxygens (including phenoxy) is 2. The van der Waals surface area contributed by atoms with E-state index in [1.54, 1.807) is 0 Å². The molecule has 0 radical (unpaired) electrons. The van der Waals surface area contributed by atoms with Gasteiger partial charge in [-0.25, -0.2) is 0 Å². The fraction of sp³-hybridized carbons (Fsp3) is 0.561. The third-order valence-corrected chi connectivity index (χ3v) is 16.1. The van der Waals surface area contributed by atoms with Crippen LogP contribution < -0.4 is 14.8 Å². The summed E-state index contributed by atoms with van der Waals surface area (Å²) in [4.78, 5) is 0. The predicted molar refractivity (Wildman–Crippen MR) is 192 cm³/mol. The molecule has 0 aliphatic heterocycles. The Morgan fingerprint density at radius 1 is 0.783 bits per heavy atom. The summed E-state index contributed by atoms with van der Waals surface area (Å²) in [6, 6.07) is 27.6. The highest BCUT2D eigenvalue weighted by Crippen LogP contribution is 2.61. The first-order valence-corrected chi connectivity index (χ1v) is 20.8.